The van der Waals surface area contributed by atoms with E-state index in [1.165, 1.54) is 0 Å². The van der Waals surface area contributed by atoms with Crippen LogP contribution in [0.15, 0.2) is 12.4 Å². The first-order chi connectivity index (χ1) is 5.56. The van der Waals surface area contributed by atoms with Gasteiger partial charge in [-0.15, -0.1) is 0 Å². The zero-order valence-electron chi connectivity index (χ0n) is 7.17. The largest absolute Gasteiger partial charge is 0.362 e. The molecule has 72 valence electrons. The first-order valence-corrected chi connectivity index (χ1v) is 4.55. The third kappa shape index (κ3) is 6.14. The van der Waals surface area contributed by atoms with Gasteiger partial charge in [0.2, 0.25) is 0 Å². The summed E-state index contributed by atoms with van der Waals surface area (Å²) < 4.78 is 22.8. The first kappa shape index (κ1) is 11.4. The van der Waals surface area contributed by atoms with Crippen LogP contribution in [0, 0.1) is 0 Å². The summed E-state index contributed by atoms with van der Waals surface area (Å²) in [5.74, 6) is 0. The molecule has 1 heterocycles. The SMILES string of the molecule is CCN1C=CN(C)C1.O=S(O)O. The van der Waals surface area contributed by atoms with Crippen LogP contribution in [0.5, 0.6) is 0 Å². The van der Waals surface area contributed by atoms with Crippen LogP contribution in [0.25, 0.3) is 0 Å². The summed E-state index contributed by atoms with van der Waals surface area (Å²) in [5.41, 5.74) is 0. The Morgan fingerprint density at radius 3 is 2.17 bits per heavy atom. The molecule has 0 unspecified atom stereocenters. The van der Waals surface area contributed by atoms with Crippen LogP contribution in [0.4, 0.5) is 0 Å². The van der Waals surface area contributed by atoms with Crippen LogP contribution in [0.3, 0.4) is 0 Å². The molecule has 6 heteroatoms. The van der Waals surface area contributed by atoms with Crippen molar-refractivity contribution in [2.75, 3.05) is 20.3 Å². The lowest BCUT2D eigenvalue weighted by Crippen LogP contribution is -2.21. The molecule has 0 spiro atoms. The second-order valence-electron chi connectivity index (χ2n) is 2.33. The summed E-state index contributed by atoms with van der Waals surface area (Å²) in [7, 11) is 2.08. The van der Waals surface area contributed by atoms with E-state index in [0.29, 0.717) is 0 Å². The maximum absolute atomic E-state index is 8.67. The molecule has 0 aromatic heterocycles. The summed E-state index contributed by atoms with van der Waals surface area (Å²) in [4.78, 5) is 4.41. The van der Waals surface area contributed by atoms with E-state index in [1.54, 1.807) is 0 Å². The molecule has 0 aromatic rings. The van der Waals surface area contributed by atoms with Gasteiger partial charge in [-0.2, -0.15) is 4.21 Å². The molecule has 0 radical (unpaired) electrons. The van der Waals surface area contributed by atoms with Gasteiger partial charge < -0.3 is 9.80 Å². The van der Waals surface area contributed by atoms with Crippen molar-refractivity contribution in [3.63, 3.8) is 0 Å². The number of nitrogens with zero attached hydrogens (tertiary/aromatic N) is 2. The Labute approximate surface area is 74.8 Å². The van der Waals surface area contributed by atoms with Crippen LogP contribution < -0.4 is 0 Å². The number of hydrogen-bond donors (Lipinski definition) is 2. The molecule has 1 rings (SSSR count). The minimum Gasteiger partial charge on any atom is -0.362 e. The average Bonchev–Trinajstić information content (AvgIpc) is 2.34. The van der Waals surface area contributed by atoms with Crippen molar-refractivity contribution in [1.29, 1.82) is 0 Å². The first-order valence-electron chi connectivity index (χ1n) is 3.48. The van der Waals surface area contributed by atoms with Crippen molar-refractivity contribution in [1.82, 2.24) is 9.80 Å². The van der Waals surface area contributed by atoms with Crippen molar-refractivity contribution in [2.45, 2.75) is 6.92 Å². The lowest BCUT2D eigenvalue weighted by Gasteiger charge is -2.14. The molecule has 0 amide bonds. The minimum atomic E-state index is -2.61. The minimum absolute atomic E-state index is 1.05. The molecule has 2 N–H and O–H groups in total. The highest BCUT2D eigenvalue weighted by Crippen LogP contribution is 2.00. The van der Waals surface area contributed by atoms with Gasteiger partial charge >= 0.3 is 0 Å². The van der Waals surface area contributed by atoms with Gasteiger partial charge in [0.05, 0.1) is 6.67 Å². The number of hydrogen-bond acceptors (Lipinski definition) is 3. The molecule has 0 bridgehead atoms. The topological polar surface area (TPSA) is 64.0 Å². The van der Waals surface area contributed by atoms with Crippen molar-refractivity contribution >= 4 is 11.4 Å². The Morgan fingerprint density at radius 2 is 2.00 bits per heavy atom. The summed E-state index contributed by atoms with van der Waals surface area (Å²) in [6, 6.07) is 0. The van der Waals surface area contributed by atoms with Gasteiger partial charge in [0.1, 0.15) is 0 Å². The lowest BCUT2D eigenvalue weighted by atomic mass is 10.6. The third-order valence-electron chi connectivity index (χ3n) is 1.34. The molecule has 0 aromatic carbocycles. The number of rotatable bonds is 1. The van der Waals surface area contributed by atoms with Gasteiger partial charge in [-0.25, -0.2) is 0 Å². The van der Waals surface area contributed by atoms with Crippen LogP contribution in [-0.4, -0.2) is 43.4 Å². The highest BCUT2D eigenvalue weighted by molar-refractivity contribution is 7.73. The maximum Gasteiger partial charge on any atom is 0.299 e. The second kappa shape index (κ2) is 5.99. The van der Waals surface area contributed by atoms with E-state index in [9.17, 15) is 0 Å². The fraction of sp³-hybridized carbons (Fsp3) is 0.667. The molecule has 12 heavy (non-hydrogen) atoms. The van der Waals surface area contributed by atoms with Gasteiger partial charge in [-0.1, -0.05) is 0 Å². The molecule has 1 aliphatic heterocycles. The Kier molecular flexibility index (Phi) is 5.69. The van der Waals surface area contributed by atoms with E-state index >= 15 is 0 Å². The normalized spacial score (nSPS) is 15.1. The van der Waals surface area contributed by atoms with Crippen molar-refractivity contribution in [2.24, 2.45) is 0 Å². The second-order valence-corrected chi connectivity index (χ2v) is 2.79. The highest BCUT2D eigenvalue weighted by Gasteiger charge is 2.03. The van der Waals surface area contributed by atoms with Crippen molar-refractivity contribution in [3.05, 3.63) is 12.4 Å². The van der Waals surface area contributed by atoms with Crippen LogP contribution in [0.2, 0.25) is 0 Å². The molecule has 0 saturated heterocycles. The molecule has 0 saturated carbocycles. The fourth-order valence-corrected chi connectivity index (χ4v) is 0.794. The average molecular weight is 194 g/mol. The lowest BCUT2D eigenvalue weighted by molar-refractivity contribution is 0.308. The van der Waals surface area contributed by atoms with E-state index < -0.39 is 11.4 Å². The molecule has 5 nitrogen and oxygen atoms in total. The van der Waals surface area contributed by atoms with Crippen molar-refractivity contribution in [3.8, 4) is 0 Å². The van der Waals surface area contributed by atoms with Gasteiger partial charge in [-0.05, 0) is 6.92 Å². The van der Waals surface area contributed by atoms with E-state index in [0.717, 1.165) is 13.2 Å². The Balaban J connectivity index is 0.000000261. The van der Waals surface area contributed by atoms with Crippen LogP contribution in [0.1, 0.15) is 6.92 Å². The van der Waals surface area contributed by atoms with E-state index in [-0.39, 0.29) is 0 Å². The quantitative estimate of drug-likeness (QED) is 0.590. The van der Waals surface area contributed by atoms with Gasteiger partial charge in [0.25, 0.3) is 11.4 Å². The Bertz CT molecular complexity index is 170. The zero-order valence-corrected chi connectivity index (χ0v) is 7.99. The molecular weight excluding hydrogens is 180 g/mol. The van der Waals surface area contributed by atoms with Gasteiger partial charge in [0.15, 0.2) is 0 Å². The van der Waals surface area contributed by atoms with Gasteiger partial charge in [-0.3, -0.25) is 9.11 Å². The van der Waals surface area contributed by atoms with E-state index in [4.69, 9.17) is 13.3 Å². The van der Waals surface area contributed by atoms with Crippen molar-refractivity contribution < 1.29 is 13.3 Å². The van der Waals surface area contributed by atoms with E-state index in [1.807, 2.05) is 0 Å². The molecule has 0 fully saturated rings. The smallest absolute Gasteiger partial charge is 0.299 e. The molecule has 0 atom stereocenters. The van der Waals surface area contributed by atoms with Crippen LogP contribution in [-0.2, 0) is 11.4 Å². The summed E-state index contributed by atoms with van der Waals surface area (Å²) in [6.07, 6.45) is 4.20. The van der Waals surface area contributed by atoms with Gasteiger partial charge in [0, 0.05) is 26.0 Å². The fourth-order valence-electron chi connectivity index (χ4n) is 0.794. The molecule has 0 aliphatic carbocycles. The molecule has 1 aliphatic rings. The molecular formula is C6H14N2O3S. The predicted octanol–water partition coefficient (Wildman–Crippen LogP) is 0.364. The predicted molar refractivity (Wildman–Crippen MR) is 47.6 cm³/mol. The zero-order chi connectivity index (χ0) is 9.56. The monoisotopic (exact) mass is 194 g/mol. The standard InChI is InChI=1S/C6H12N2.H2O3S/c1-3-8-5-4-7(2)6-8;1-4(2)3/h4-5H,3,6H2,1-2H3;(H2,1,2,3). The van der Waals surface area contributed by atoms with Crippen LogP contribution >= 0.6 is 0 Å². The Morgan fingerprint density at radius 1 is 1.50 bits per heavy atom. The Hall–Kier alpha value is -0.590. The maximum atomic E-state index is 8.67. The third-order valence-corrected chi connectivity index (χ3v) is 1.34. The summed E-state index contributed by atoms with van der Waals surface area (Å²) in [6.45, 7) is 4.32. The summed E-state index contributed by atoms with van der Waals surface area (Å²) in [5, 5.41) is 0. The summed E-state index contributed by atoms with van der Waals surface area (Å²) >= 11 is -2.61. The highest BCUT2D eigenvalue weighted by atomic mass is 32.2. The van der Waals surface area contributed by atoms with E-state index in [2.05, 4.69) is 36.2 Å².